The van der Waals surface area contributed by atoms with E-state index in [0.29, 0.717) is 12.4 Å². The maximum atomic E-state index is 11.4. The summed E-state index contributed by atoms with van der Waals surface area (Å²) in [6.07, 6.45) is 1.45. The van der Waals surface area contributed by atoms with Crippen molar-refractivity contribution in [3.63, 3.8) is 0 Å². The zero-order valence-corrected chi connectivity index (χ0v) is 11.6. The van der Waals surface area contributed by atoms with Crippen molar-refractivity contribution >= 4 is 5.97 Å². The minimum Gasteiger partial charge on any atom is -0.468 e. The maximum absolute atomic E-state index is 11.4. The first kappa shape index (κ1) is 14.7. The molecule has 0 radical (unpaired) electrons. The maximum Gasteiger partial charge on any atom is 0.319 e. The SMILES string of the molecule is COC(=O)CN(CC#N)Cc1ncnn1-c1ccccc1. The molecule has 7 heteroatoms. The molecule has 1 aromatic carbocycles. The highest BCUT2D eigenvalue weighted by Gasteiger charge is 2.15. The van der Waals surface area contributed by atoms with Crippen molar-refractivity contribution in [2.24, 2.45) is 0 Å². The molecule has 0 aliphatic carbocycles. The lowest BCUT2D eigenvalue weighted by molar-refractivity contribution is -0.141. The molecule has 2 aromatic rings. The van der Waals surface area contributed by atoms with E-state index in [4.69, 9.17) is 5.26 Å². The molecular formula is C14H15N5O2. The summed E-state index contributed by atoms with van der Waals surface area (Å²) in [7, 11) is 1.32. The van der Waals surface area contributed by atoms with Crippen LogP contribution in [0.1, 0.15) is 5.82 Å². The number of rotatable bonds is 6. The first-order chi connectivity index (χ1) is 10.2. The smallest absolute Gasteiger partial charge is 0.319 e. The molecular weight excluding hydrogens is 270 g/mol. The number of methoxy groups -OCH3 is 1. The summed E-state index contributed by atoms with van der Waals surface area (Å²) in [5, 5.41) is 13.0. The van der Waals surface area contributed by atoms with Gasteiger partial charge in [-0.25, -0.2) is 9.67 Å². The summed E-state index contributed by atoms with van der Waals surface area (Å²) < 4.78 is 6.31. The van der Waals surface area contributed by atoms with E-state index < -0.39 is 5.97 Å². The number of nitriles is 1. The van der Waals surface area contributed by atoms with Gasteiger partial charge in [-0.1, -0.05) is 18.2 Å². The molecule has 0 amide bonds. The number of carbonyl (C=O) groups is 1. The van der Waals surface area contributed by atoms with Crippen LogP contribution >= 0.6 is 0 Å². The van der Waals surface area contributed by atoms with E-state index in [1.54, 1.807) is 9.58 Å². The van der Waals surface area contributed by atoms with Gasteiger partial charge in [0.2, 0.25) is 0 Å². The van der Waals surface area contributed by atoms with E-state index in [2.05, 4.69) is 14.8 Å². The third-order valence-corrected chi connectivity index (χ3v) is 2.86. The molecule has 0 aliphatic rings. The van der Waals surface area contributed by atoms with Gasteiger partial charge in [-0.15, -0.1) is 0 Å². The fraction of sp³-hybridized carbons (Fsp3) is 0.286. The van der Waals surface area contributed by atoms with Crippen molar-refractivity contribution in [2.45, 2.75) is 6.54 Å². The third-order valence-electron chi connectivity index (χ3n) is 2.86. The van der Waals surface area contributed by atoms with Crippen LogP contribution in [0.2, 0.25) is 0 Å². The van der Waals surface area contributed by atoms with Crippen LogP contribution in [0.5, 0.6) is 0 Å². The highest BCUT2D eigenvalue weighted by Crippen LogP contribution is 2.09. The second kappa shape index (κ2) is 7.17. The quantitative estimate of drug-likeness (QED) is 0.575. The molecule has 1 aromatic heterocycles. The molecule has 0 atom stereocenters. The van der Waals surface area contributed by atoms with Gasteiger partial charge in [-0.3, -0.25) is 9.69 Å². The number of aromatic nitrogens is 3. The first-order valence-corrected chi connectivity index (χ1v) is 6.35. The van der Waals surface area contributed by atoms with Crippen LogP contribution in [0.15, 0.2) is 36.7 Å². The lowest BCUT2D eigenvalue weighted by Gasteiger charge is -2.17. The topological polar surface area (TPSA) is 84.0 Å². The zero-order valence-electron chi connectivity index (χ0n) is 11.6. The molecule has 0 N–H and O–H groups in total. The van der Waals surface area contributed by atoms with Gasteiger partial charge in [-0.2, -0.15) is 10.4 Å². The van der Waals surface area contributed by atoms with E-state index in [1.807, 2.05) is 36.4 Å². The van der Waals surface area contributed by atoms with Gasteiger partial charge in [0.15, 0.2) is 0 Å². The third kappa shape index (κ3) is 3.87. The lowest BCUT2D eigenvalue weighted by atomic mass is 10.3. The minimum atomic E-state index is -0.393. The summed E-state index contributed by atoms with van der Waals surface area (Å²) in [6, 6.07) is 11.6. The Kier molecular flexibility index (Phi) is 5.01. The predicted molar refractivity (Wildman–Crippen MR) is 74.3 cm³/mol. The number of nitrogens with zero attached hydrogens (tertiary/aromatic N) is 5. The molecule has 0 saturated heterocycles. The van der Waals surface area contributed by atoms with Crippen LogP contribution in [0.25, 0.3) is 5.69 Å². The number of esters is 1. The van der Waals surface area contributed by atoms with Crippen LogP contribution < -0.4 is 0 Å². The predicted octanol–water partition coefficient (Wildman–Crippen LogP) is 0.766. The van der Waals surface area contributed by atoms with E-state index in [0.717, 1.165) is 5.69 Å². The zero-order chi connectivity index (χ0) is 15.1. The fourth-order valence-electron chi connectivity index (χ4n) is 1.87. The van der Waals surface area contributed by atoms with Gasteiger partial charge in [0, 0.05) is 0 Å². The molecule has 0 unspecified atom stereocenters. The molecule has 0 saturated carbocycles. The van der Waals surface area contributed by atoms with Crippen molar-refractivity contribution in [3.05, 3.63) is 42.5 Å². The number of hydrogen-bond donors (Lipinski definition) is 0. The van der Waals surface area contributed by atoms with Crippen LogP contribution in [0.3, 0.4) is 0 Å². The summed E-state index contributed by atoms with van der Waals surface area (Å²) in [5.74, 6) is 0.261. The average molecular weight is 285 g/mol. The monoisotopic (exact) mass is 285 g/mol. The standard InChI is InChI=1S/C14H15N5O2/c1-21-14(20)10-18(8-7-15)9-13-16-11-17-19(13)12-5-3-2-4-6-12/h2-6,11H,8-10H2,1H3. The molecule has 7 nitrogen and oxygen atoms in total. The van der Waals surface area contributed by atoms with Gasteiger partial charge in [-0.05, 0) is 12.1 Å². The molecule has 0 bridgehead atoms. The molecule has 108 valence electrons. The average Bonchev–Trinajstić information content (AvgIpc) is 2.96. The number of carbonyl (C=O) groups excluding carboxylic acids is 1. The van der Waals surface area contributed by atoms with Crippen molar-refractivity contribution in [2.75, 3.05) is 20.2 Å². The van der Waals surface area contributed by atoms with E-state index >= 15 is 0 Å². The van der Waals surface area contributed by atoms with Gasteiger partial charge in [0.05, 0.1) is 38.5 Å². The summed E-state index contributed by atoms with van der Waals surface area (Å²) in [6.45, 7) is 0.472. The second-order valence-corrected chi connectivity index (χ2v) is 4.30. The Morgan fingerprint density at radius 2 is 2.19 bits per heavy atom. The fourth-order valence-corrected chi connectivity index (χ4v) is 1.87. The Morgan fingerprint density at radius 1 is 1.43 bits per heavy atom. The number of para-hydroxylation sites is 1. The second-order valence-electron chi connectivity index (χ2n) is 4.30. The highest BCUT2D eigenvalue weighted by molar-refractivity contribution is 5.71. The molecule has 2 rings (SSSR count). The van der Waals surface area contributed by atoms with E-state index in [-0.39, 0.29) is 13.1 Å². The summed E-state index contributed by atoms with van der Waals surface area (Å²) in [4.78, 5) is 17.2. The van der Waals surface area contributed by atoms with E-state index in [9.17, 15) is 4.79 Å². The summed E-state index contributed by atoms with van der Waals surface area (Å²) in [5.41, 5.74) is 0.875. The lowest BCUT2D eigenvalue weighted by Crippen LogP contribution is -2.31. The molecule has 0 aliphatic heterocycles. The van der Waals surface area contributed by atoms with Crippen molar-refractivity contribution in [3.8, 4) is 11.8 Å². The van der Waals surface area contributed by atoms with Crippen molar-refractivity contribution in [1.29, 1.82) is 5.26 Å². The molecule has 21 heavy (non-hydrogen) atoms. The number of hydrogen-bond acceptors (Lipinski definition) is 6. The summed E-state index contributed by atoms with van der Waals surface area (Å²) >= 11 is 0. The Bertz CT molecular complexity index is 632. The minimum absolute atomic E-state index is 0.0334. The van der Waals surface area contributed by atoms with E-state index in [1.165, 1.54) is 13.4 Å². The number of benzene rings is 1. The Hall–Kier alpha value is -2.72. The Balaban J connectivity index is 2.17. The van der Waals surface area contributed by atoms with Crippen LogP contribution in [-0.2, 0) is 16.1 Å². The van der Waals surface area contributed by atoms with Crippen LogP contribution in [-0.4, -0.2) is 45.8 Å². The largest absolute Gasteiger partial charge is 0.468 e. The first-order valence-electron chi connectivity index (χ1n) is 6.35. The van der Waals surface area contributed by atoms with Gasteiger partial charge in [0.1, 0.15) is 12.2 Å². The van der Waals surface area contributed by atoms with Gasteiger partial charge >= 0.3 is 5.97 Å². The van der Waals surface area contributed by atoms with Gasteiger partial charge < -0.3 is 4.74 Å². The van der Waals surface area contributed by atoms with Crippen molar-refractivity contribution < 1.29 is 9.53 Å². The Morgan fingerprint density at radius 3 is 2.86 bits per heavy atom. The highest BCUT2D eigenvalue weighted by atomic mass is 16.5. The molecule has 0 spiro atoms. The number of ether oxygens (including phenoxy) is 1. The Labute approximate surface area is 122 Å². The van der Waals surface area contributed by atoms with Crippen molar-refractivity contribution in [1.82, 2.24) is 19.7 Å². The molecule has 1 heterocycles. The normalized spacial score (nSPS) is 10.3. The van der Waals surface area contributed by atoms with Gasteiger partial charge in [0.25, 0.3) is 0 Å². The van der Waals surface area contributed by atoms with Crippen LogP contribution in [0, 0.1) is 11.3 Å². The van der Waals surface area contributed by atoms with Crippen LogP contribution in [0.4, 0.5) is 0 Å². The molecule has 0 fully saturated rings.